The Morgan fingerprint density at radius 1 is 1.22 bits per heavy atom. The number of phenols is 1. The Bertz CT molecular complexity index is 1040. The highest BCUT2D eigenvalue weighted by molar-refractivity contribution is 6.00. The number of aromatic hydroxyl groups is 1. The second-order valence-corrected chi connectivity index (χ2v) is 8.87. The van der Waals surface area contributed by atoms with Crippen LogP contribution in [0.15, 0.2) is 76.9 Å². The van der Waals surface area contributed by atoms with Crippen molar-refractivity contribution in [3.05, 3.63) is 87.1 Å². The van der Waals surface area contributed by atoms with E-state index in [4.69, 9.17) is 0 Å². The van der Waals surface area contributed by atoms with E-state index in [1.165, 1.54) is 42.2 Å². The molecule has 6 heteroatoms. The number of amides is 1. The van der Waals surface area contributed by atoms with Gasteiger partial charge in [-0.25, -0.2) is 0 Å². The van der Waals surface area contributed by atoms with Crippen LogP contribution in [-0.2, 0) is 4.79 Å². The first-order valence-electron chi connectivity index (χ1n) is 10.7. The first-order valence-corrected chi connectivity index (χ1v) is 10.7. The largest absolute Gasteiger partial charge is 0.502 e. The summed E-state index contributed by atoms with van der Waals surface area (Å²) in [5, 5.41) is 22.9. The summed E-state index contributed by atoms with van der Waals surface area (Å²) in [6, 6.07) is 3.70. The monoisotopic (exact) mass is 436 g/mol. The summed E-state index contributed by atoms with van der Waals surface area (Å²) in [6.07, 6.45) is 15.1. The number of hydrogen-bond acceptors (Lipinski definition) is 4. The predicted octanol–water partition coefficient (Wildman–Crippen LogP) is 6.77. The lowest BCUT2D eigenvalue weighted by Crippen LogP contribution is -2.19. The van der Waals surface area contributed by atoms with Gasteiger partial charge in [-0.1, -0.05) is 55.4 Å². The van der Waals surface area contributed by atoms with Gasteiger partial charge in [-0.05, 0) is 68.7 Å². The molecule has 0 spiro atoms. The third kappa shape index (κ3) is 7.08. The molecule has 0 heterocycles. The Kier molecular flexibility index (Phi) is 8.35. The third-order valence-electron chi connectivity index (χ3n) is 5.57. The van der Waals surface area contributed by atoms with E-state index in [9.17, 15) is 20.0 Å². The zero-order valence-electron chi connectivity index (χ0n) is 19.4. The number of allylic oxidation sites excluding steroid dienone is 9. The third-order valence-corrected chi connectivity index (χ3v) is 5.57. The van der Waals surface area contributed by atoms with Crippen LogP contribution < -0.4 is 5.32 Å². The molecule has 32 heavy (non-hydrogen) atoms. The van der Waals surface area contributed by atoms with Crippen molar-refractivity contribution in [2.24, 2.45) is 5.41 Å². The molecule has 170 valence electrons. The molecule has 0 saturated carbocycles. The van der Waals surface area contributed by atoms with Crippen molar-refractivity contribution in [2.75, 3.05) is 5.32 Å². The molecule has 1 aromatic rings. The van der Waals surface area contributed by atoms with Crippen LogP contribution in [0.1, 0.15) is 53.9 Å². The number of nitrogens with one attached hydrogen (secondary N) is 1. The molecule has 0 atom stereocenters. The number of carbonyl (C=O) groups excluding carboxylic acids is 1. The summed E-state index contributed by atoms with van der Waals surface area (Å²) in [5.41, 5.74) is 4.71. The van der Waals surface area contributed by atoms with Crippen LogP contribution in [-0.4, -0.2) is 15.9 Å². The van der Waals surface area contributed by atoms with E-state index in [-0.39, 0.29) is 11.1 Å². The molecule has 1 amide bonds. The van der Waals surface area contributed by atoms with E-state index in [1.807, 2.05) is 25.2 Å². The zero-order valence-corrected chi connectivity index (χ0v) is 19.4. The Labute approximate surface area is 189 Å². The first-order chi connectivity index (χ1) is 15.0. The Balaban J connectivity index is 2.00. The minimum atomic E-state index is -0.703. The second-order valence-electron chi connectivity index (χ2n) is 8.87. The maximum Gasteiger partial charge on any atom is 0.312 e. The van der Waals surface area contributed by atoms with Crippen molar-refractivity contribution in [2.45, 2.75) is 53.9 Å². The van der Waals surface area contributed by atoms with Crippen LogP contribution in [0.3, 0.4) is 0 Å². The van der Waals surface area contributed by atoms with E-state index in [0.29, 0.717) is 0 Å². The van der Waals surface area contributed by atoms with Crippen LogP contribution >= 0.6 is 0 Å². The quantitative estimate of drug-likeness (QED) is 0.162. The van der Waals surface area contributed by atoms with E-state index in [2.05, 4.69) is 38.2 Å². The second kappa shape index (κ2) is 10.8. The van der Waals surface area contributed by atoms with Gasteiger partial charge in [-0.2, -0.15) is 0 Å². The summed E-state index contributed by atoms with van der Waals surface area (Å²) >= 11 is 0. The number of phenolic OH excluding ortho intramolecular Hbond substituents is 1. The highest BCUT2D eigenvalue weighted by Gasteiger charge is 2.26. The van der Waals surface area contributed by atoms with Crippen molar-refractivity contribution in [1.82, 2.24) is 0 Å². The minimum Gasteiger partial charge on any atom is -0.502 e. The standard InChI is InChI=1S/C26H32N2O4/c1-18(11-13-22-20(3)10-7-15-26(22,4)5)8-6-9-19(2)16-25(30)27-21-12-14-24(29)23(17-21)28(31)32/h6,8-9,11-14,16-17,29H,7,10,15H2,1-5H3,(H,27,30). The van der Waals surface area contributed by atoms with Crippen molar-refractivity contribution in [1.29, 1.82) is 0 Å². The molecule has 0 fully saturated rings. The summed E-state index contributed by atoms with van der Waals surface area (Å²) in [5.74, 6) is -0.855. The number of anilines is 1. The van der Waals surface area contributed by atoms with Gasteiger partial charge >= 0.3 is 5.69 Å². The van der Waals surface area contributed by atoms with Gasteiger partial charge in [0, 0.05) is 17.8 Å². The van der Waals surface area contributed by atoms with E-state index in [1.54, 1.807) is 6.92 Å². The van der Waals surface area contributed by atoms with Crippen LogP contribution in [0.5, 0.6) is 5.75 Å². The number of hydrogen-bond donors (Lipinski definition) is 2. The summed E-state index contributed by atoms with van der Waals surface area (Å²) in [6.45, 7) is 10.6. The molecule has 2 rings (SSSR count). The lowest BCUT2D eigenvalue weighted by molar-refractivity contribution is -0.385. The van der Waals surface area contributed by atoms with Crippen molar-refractivity contribution >= 4 is 17.3 Å². The first kappa shape index (κ1) is 24.9. The molecule has 0 radical (unpaired) electrons. The summed E-state index contributed by atoms with van der Waals surface area (Å²) in [4.78, 5) is 22.4. The molecule has 0 unspecified atom stereocenters. The average molecular weight is 437 g/mol. The SMILES string of the molecule is CC(C=CC1=C(C)CCCC1(C)C)=CC=CC(C)=CC(=O)Nc1ccc(O)c([N+](=O)[O-])c1. The maximum atomic E-state index is 12.2. The number of nitrogens with zero attached hydrogens (tertiary/aromatic N) is 1. The van der Waals surface area contributed by atoms with Gasteiger partial charge in [0.25, 0.3) is 0 Å². The Morgan fingerprint density at radius 2 is 1.94 bits per heavy atom. The number of benzene rings is 1. The van der Waals surface area contributed by atoms with E-state index >= 15 is 0 Å². The molecule has 0 bridgehead atoms. The molecule has 0 aromatic heterocycles. The minimum absolute atomic E-state index is 0.208. The molecule has 2 N–H and O–H groups in total. The van der Waals surface area contributed by atoms with Crippen molar-refractivity contribution < 1.29 is 14.8 Å². The fourth-order valence-corrected chi connectivity index (χ4v) is 3.81. The number of nitro groups is 1. The van der Waals surface area contributed by atoms with Crippen LogP contribution in [0.4, 0.5) is 11.4 Å². The number of rotatable bonds is 7. The van der Waals surface area contributed by atoms with Gasteiger partial charge in [0.1, 0.15) is 0 Å². The average Bonchev–Trinajstić information content (AvgIpc) is 2.68. The van der Waals surface area contributed by atoms with E-state index < -0.39 is 22.3 Å². The molecular formula is C26H32N2O4. The lowest BCUT2D eigenvalue weighted by Gasteiger charge is -2.32. The van der Waals surface area contributed by atoms with Crippen molar-refractivity contribution in [3.63, 3.8) is 0 Å². The highest BCUT2D eigenvalue weighted by Crippen LogP contribution is 2.40. The van der Waals surface area contributed by atoms with Gasteiger partial charge < -0.3 is 10.4 Å². The molecule has 6 nitrogen and oxygen atoms in total. The lowest BCUT2D eigenvalue weighted by atomic mass is 9.72. The molecule has 1 aliphatic carbocycles. The maximum absolute atomic E-state index is 12.2. The molecule has 0 saturated heterocycles. The van der Waals surface area contributed by atoms with Gasteiger partial charge in [-0.3, -0.25) is 14.9 Å². The van der Waals surface area contributed by atoms with Crippen LogP contribution in [0.25, 0.3) is 0 Å². The van der Waals surface area contributed by atoms with E-state index in [0.717, 1.165) is 23.6 Å². The topological polar surface area (TPSA) is 92.5 Å². The predicted molar refractivity (Wildman–Crippen MR) is 130 cm³/mol. The summed E-state index contributed by atoms with van der Waals surface area (Å²) in [7, 11) is 0. The van der Waals surface area contributed by atoms with Gasteiger partial charge in [0.15, 0.2) is 5.75 Å². The molecule has 0 aliphatic heterocycles. The molecule has 1 aromatic carbocycles. The van der Waals surface area contributed by atoms with Crippen molar-refractivity contribution in [3.8, 4) is 5.75 Å². The number of nitro benzene ring substituents is 1. The normalized spacial score (nSPS) is 17.3. The van der Waals surface area contributed by atoms with Crippen LogP contribution in [0.2, 0.25) is 0 Å². The van der Waals surface area contributed by atoms with Gasteiger partial charge in [0.05, 0.1) is 4.92 Å². The highest BCUT2D eigenvalue weighted by atomic mass is 16.6. The van der Waals surface area contributed by atoms with Gasteiger partial charge in [0.2, 0.25) is 5.91 Å². The Hall–Kier alpha value is -3.41. The Morgan fingerprint density at radius 3 is 2.59 bits per heavy atom. The van der Waals surface area contributed by atoms with Gasteiger partial charge in [-0.15, -0.1) is 0 Å². The molecular weight excluding hydrogens is 404 g/mol. The molecule has 1 aliphatic rings. The van der Waals surface area contributed by atoms with Crippen LogP contribution in [0, 0.1) is 15.5 Å². The fraction of sp³-hybridized carbons (Fsp3) is 0.346. The zero-order chi connectivity index (χ0) is 23.9. The number of carbonyl (C=O) groups is 1. The summed E-state index contributed by atoms with van der Waals surface area (Å²) < 4.78 is 0. The fourth-order valence-electron chi connectivity index (χ4n) is 3.81. The smallest absolute Gasteiger partial charge is 0.312 e.